The second kappa shape index (κ2) is 3.49. The van der Waals surface area contributed by atoms with Crippen molar-refractivity contribution in [1.29, 1.82) is 0 Å². The van der Waals surface area contributed by atoms with E-state index in [4.69, 9.17) is 23.2 Å². The number of alkyl halides is 2. The molecule has 1 heterocycles. The fourth-order valence-electron chi connectivity index (χ4n) is 0.656. The largest absolute Gasteiger partial charge is 0.268 e. The Morgan fingerprint density at radius 3 is 2.33 bits per heavy atom. The highest BCUT2D eigenvalue weighted by Crippen LogP contribution is 2.31. The van der Waals surface area contributed by atoms with Crippen molar-refractivity contribution >= 4 is 23.2 Å². The smallest absolute Gasteiger partial charge is 0.240 e. The van der Waals surface area contributed by atoms with Gasteiger partial charge in [-0.25, -0.2) is 18.2 Å². The number of pyridine rings is 1. The van der Waals surface area contributed by atoms with E-state index in [1.165, 1.54) is 0 Å². The van der Waals surface area contributed by atoms with Crippen molar-refractivity contribution in [1.82, 2.24) is 4.98 Å². The molecule has 1 aromatic heterocycles. The fraction of sp³-hybridized carbons (Fsp3) is 0.167. The highest BCUT2D eigenvalue weighted by molar-refractivity contribution is 6.32. The molecule has 0 saturated heterocycles. The average Bonchev–Trinajstić information content (AvgIpc) is 1.97. The molecule has 0 spiro atoms. The van der Waals surface area contributed by atoms with Gasteiger partial charge in [-0.05, 0) is 0 Å². The van der Waals surface area contributed by atoms with Gasteiger partial charge in [0.2, 0.25) is 0 Å². The number of hydrogen-bond acceptors (Lipinski definition) is 1. The predicted octanol–water partition coefficient (Wildman–Crippen LogP) is 3.47. The van der Waals surface area contributed by atoms with Crippen LogP contribution in [0.25, 0.3) is 0 Å². The van der Waals surface area contributed by atoms with Crippen molar-refractivity contribution in [3.05, 3.63) is 27.8 Å². The minimum absolute atomic E-state index is 0.424. The first kappa shape index (κ1) is 9.61. The lowest BCUT2D eigenvalue weighted by Gasteiger charge is -2.03. The third kappa shape index (κ3) is 1.64. The van der Waals surface area contributed by atoms with Crippen molar-refractivity contribution in [2.45, 2.75) is 6.43 Å². The first-order valence-electron chi connectivity index (χ1n) is 2.81. The van der Waals surface area contributed by atoms with Crippen LogP contribution in [-0.2, 0) is 0 Å². The summed E-state index contributed by atoms with van der Waals surface area (Å²) in [6, 6.07) is 0. The zero-order valence-electron chi connectivity index (χ0n) is 5.49. The Balaban J connectivity index is 3.33. The number of hydrogen-bond donors (Lipinski definition) is 0. The quantitative estimate of drug-likeness (QED) is 0.655. The minimum Gasteiger partial charge on any atom is -0.240 e. The molecule has 0 bridgehead atoms. The topological polar surface area (TPSA) is 12.9 Å². The van der Waals surface area contributed by atoms with Crippen LogP contribution in [0.2, 0.25) is 10.2 Å². The maximum atomic E-state index is 12.8. The van der Waals surface area contributed by atoms with Gasteiger partial charge >= 0.3 is 0 Å². The van der Waals surface area contributed by atoms with Gasteiger partial charge < -0.3 is 0 Å². The minimum atomic E-state index is -2.99. The Bertz CT molecular complexity index is 303. The van der Waals surface area contributed by atoms with Gasteiger partial charge in [0.25, 0.3) is 6.43 Å². The summed E-state index contributed by atoms with van der Waals surface area (Å²) in [4.78, 5) is 3.25. The molecule has 6 heteroatoms. The lowest BCUT2D eigenvalue weighted by molar-refractivity contribution is 0.146. The monoisotopic (exact) mass is 215 g/mol. The second-order valence-corrected chi connectivity index (χ2v) is 2.69. The van der Waals surface area contributed by atoms with Gasteiger partial charge in [0.15, 0.2) is 11.0 Å². The molecule has 0 aliphatic heterocycles. The number of rotatable bonds is 1. The molecule has 0 fully saturated rings. The molecule has 0 atom stereocenters. The van der Waals surface area contributed by atoms with Crippen molar-refractivity contribution in [3.63, 3.8) is 0 Å². The summed E-state index contributed by atoms with van der Waals surface area (Å²) in [6.45, 7) is 0. The van der Waals surface area contributed by atoms with Crippen molar-refractivity contribution < 1.29 is 13.2 Å². The molecule has 1 rings (SSSR count). The van der Waals surface area contributed by atoms with Crippen LogP contribution in [0.4, 0.5) is 13.2 Å². The van der Waals surface area contributed by atoms with Crippen molar-refractivity contribution in [3.8, 4) is 0 Å². The maximum absolute atomic E-state index is 12.8. The van der Waals surface area contributed by atoms with E-state index in [0.29, 0.717) is 0 Å². The van der Waals surface area contributed by atoms with Gasteiger partial charge in [-0.1, -0.05) is 23.2 Å². The summed E-state index contributed by atoms with van der Waals surface area (Å²) in [5.74, 6) is -1.26. The van der Waals surface area contributed by atoms with E-state index in [1.807, 2.05) is 0 Å². The molecule has 66 valence electrons. The van der Waals surface area contributed by atoms with Crippen LogP contribution in [0.15, 0.2) is 6.20 Å². The summed E-state index contributed by atoms with van der Waals surface area (Å²) in [7, 11) is 0. The van der Waals surface area contributed by atoms with Crippen LogP contribution < -0.4 is 0 Å². The van der Waals surface area contributed by atoms with Crippen LogP contribution in [0.3, 0.4) is 0 Å². The van der Waals surface area contributed by atoms with Crippen LogP contribution in [0.1, 0.15) is 12.0 Å². The fourth-order valence-corrected chi connectivity index (χ4v) is 1.02. The van der Waals surface area contributed by atoms with Crippen LogP contribution in [0.5, 0.6) is 0 Å². The Hall–Kier alpha value is -0.480. The molecule has 0 N–H and O–H groups in total. The zero-order chi connectivity index (χ0) is 9.30. The van der Waals surface area contributed by atoms with E-state index >= 15 is 0 Å². The van der Waals surface area contributed by atoms with Crippen molar-refractivity contribution in [2.24, 2.45) is 0 Å². The third-order valence-electron chi connectivity index (χ3n) is 1.18. The Morgan fingerprint density at radius 2 is 1.92 bits per heavy atom. The van der Waals surface area contributed by atoms with E-state index in [1.54, 1.807) is 0 Å². The van der Waals surface area contributed by atoms with Crippen molar-refractivity contribution in [2.75, 3.05) is 0 Å². The Labute approximate surface area is 76.1 Å². The summed E-state index contributed by atoms with van der Waals surface area (Å²) in [5, 5.41) is -1.03. The second-order valence-electron chi connectivity index (χ2n) is 1.93. The molecule has 0 aliphatic carbocycles. The molecule has 0 amide bonds. The third-order valence-corrected chi connectivity index (χ3v) is 1.75. The maximum Gasteiger partial charge on any atom is 0.268 e. The normalized spacial score (nSPS) is 10.8. The van der Waals surface area contributed by atoms with Crippen LogP contribution >= 0.6 is 23.2 Å². The molecule has 1 nitrogen and oxygen atoms in total. The van der Waals surface area contributed by atoms with E-state index in [2.05, 4.69) is 4.98 Å². The Kier molecular flexibility index (Phi) is 2.80. The number of aromatic nitrogens is 1. The van der Waals surface area contributed by atoms with Gasteiger partial charge in [0.1, 0.15) is 0 Å². The van der Waals surface area contributed by atoms with Gasteiger partial charge in [-0.3, -0.25) is 0 Å². The lowest BCUT2D eigenvalue weighted by atomic mass is 10.3. The predicted molar refractivity (Wildman–Crippen MR) is 39.2 cm³/mol. The van der Waals surface area contributed by atoms with E-state index in [-0.39, 0.29) is 0 Å². The van der Waals surface area contributed by atoms with E-state index in [0.717, 1.165) is 6.20 Å². The number of halogens is 5. The molecule has 0 aliphatic rings. The van der Waals surface area contributed by atoms with E-state index < -0.39 is 28.0 Å². The summed E-state index contributed by atoms with van der Waals surface area (Å²) < 4.78 is 36.9. The average molecular weight is 216 g/mol. The van der Waals surface area contributed by atoms with Crippen LogP contribution in [0, 0.1) is 5.82 Å². The van der Waals surface area contributed by atoms with Gasteiger partial charge in [0, 0.05) is 6.20 Å². The molecule has 0 radical (unpaired) electrons. The highest BCUT2D eigenvalue weighted by Gasteiger charge is 2.20. The summed E-state index contributed by atoms with van der Waals surface area (Å²) >= 11 is 10.4. The molecule has 0 aromatic carbocycles. The highest BCUT2D eigenvalue weighted by atomic mass is 35.5. The number of nitrogens with zero attached hydrogens (tertiary/aromatic N) is 1. The molecule has 12 heavy (non-hydrogen) atoms. The Morgan fingerprint density at radius 1 is 1.33 bits per heavy atom. The molecule has 0 unspecified atom stereocenters. The van der Waals surface area contributed by atoms with Gasteiger partial charge in [-0.2, -0.15) is 0 Å². The van der Waals surface area contributed by atoms with Gasteiger partial charge in [-0.15, -0.1) is 0 Å². The standard InChI is InChI=1S/C6H2Cl2F3N/c7-2-1-12-5(8)4(9)3(2)6(10)11/h1,6H. The molecular formula is C6H2Cl2F3N. The summed E-state index contributed by atoms with van der Waals surface area (Å²) in [5.41, 5.74) is -0.906. The SMILES string of the molecule is Fc1c(Cl)ncc(Cl)c1C(F)F. The molecule has 0 saturated carbocycles. The van der Waals surface area contributed by atoms with E-state index in [9.17, 15) is 13.2 Å². The molecule has 1 aromatic rings. The van der Waals surface area contributed by atoms with Crippen LogP contribution in [-0.4, -0.2) is 4.98 Å². The molecular weight excluding hydrogens is 214 g/mol. The lowest BCUT2D eigenvalue weighted by Crippen LogP contribution is -1.95. The first-order chi connectivity index (χ1) is 5.54. The van der Waals surface area contributed by atoms with Gasteiger partial charge in [0.05, 0.1) is 10.6 Å². The zero-order valence-corrected chi connectivity index (χ0v) is 7.00. The summed E-state index contributed by atoms with van der Waals surface area (Å²) in [6.07, 6.45) is -2.10. The first-order valence-corrected chi connectivity index (χ1v) is 3.57.